The molecule has 132 valence electrons. The summed E-state index contributed by atoms with van der Waals surface area (Å²) in [7, 11) is 0. The summed E-state index contributed by atoms with van der Waals surface area (Å²) in [5.41, 5.74) is 2.17. The molecule has 0 N–H and O–H groups in total. The monoisotopic (exact) mass is 359 g/mol. The third kappa shape index (κ3) is 4.00. The Morgan fingerprint density at radius 1 is 1.40 bits per heavy atom. The zero-order valence-corrected chi connectivity index (χ0v) is 15.0. The molecule has 7 heteroatoms. The van der Waals surface area contributed by atoms with E-state index in [9.17, 15) is 0 Å². The standard InChI is InChI=1S/C18H21N3O3S/c1-13-5-8-25-16(13)10-21-6-2-3-15(9-21)23-12-17-19-18(24-20-17)14-4-7-22-11-14/h4-5,7-8,11,15H,2-3,6,9-10,12H2,1H3. The Hall–Kier alpha value is -1.96. The Bertz CT molecular complexity index is 796. The van der Waals surface area contributed by atoms with Crippen LogP contribution in [0, 0.1) is 6.92 Å². The quantitative estimate of drug-likeness (QED) is 0.665. The fourth-order valence-corrected chi connectivity index (χ4v) is 4.02. The number of nitrogens with zero attached hydrogens (tertiary/aromatic N) is 3. The van der Waals surface area contributed by atoms with Gasteiger partial charge in [0, 0.05) is 18.0 Å². The van der Waals surface area contributed by atoms with Crippen molar-refractivity contribution in [3.8, 4) is 11.5 Å². The van der Waals surface area contributed by atoms with Crippen molar-refractivity contribution in [1.82, 2.24) is 15.0 Å². The molecule has 6 nitrogen and oxygen atoms in total. The number of hydrogen-bond acceptors (Lipinski definition) is 7. The van der Waals surface area contributed by atoms with Gasteiger partial charge in [-0.3, -0.25) is 4.90 Å². The van der Waals surface area contributed by atoms with Crippen LogP contribution >= 0.6 is 11.3 Å². The molecule has 0 spiro atoms. The van der Waals surface area contributed by atoms with Crippen LogP contribution in [0.1, 0.15) is 29.1 Å². The normalized spacial score (nSPS) is 18.7. The molecule has 0 aromatic carbocycles. The molecule has 4 rings (SSSR count). The number of rotatable bonds is 6. The minimum absolute atomic E-state index is 0.213. The average Bonchev–Trinajstić information content (AvgIpc) is 3.36. The Labute approximate surface area is 150 Å². The fraction of sp³-hybridized carbons (Fsp3) is 0.444. The number of hydrogen-bond donors (Lipinski definition) is 0. The minimum atomic E-state index is 0.213. The van der Waals surface area contributed by atoms with Crippen LogP contribution in [0.3, 0.4) is 0 Å². The smallest absolute Gasteiger partial charge is 0.261 e. The fourth-order valence-electron chi connectivity index (χ4n) is 3.07. The van der Waals surface area contributed by atoms with Gasteiger partial charge in [-0.05, 0) is 49.4 Å². The highest BCUT2D eigenvalue weighted by atomic mass is 32.1. The lowest BCUT2D eigenvalue weighted by Crippen LogP contribution is -2.39. The van der Waals surface area contributed by atoms with Crippen LogP contribution in [0.2, 0.25) is 0 Å². The summed E-state index contributed by atoms with van der Waals surface area (Å²) in [6.07, 6.45) is 5.61. The number of furan rings is 1. The summed E-state index contributed by atoms with van der Waals surface area (Å²) < 4.78 is 16.3. The predicted molar refractivity (Wildman–Crippen MR) is 94.1 cm³/mol. The maximum Gasteiger partial charge on any atom is 0.261 e. The number of likely N-dealkylation sites (tertiary alicyclic amines) is 1. The number of aromatic nitrogens is 2. The molecular weight excluding hydrogens is 338 g/mol. The van der Waals surface area contributed by atoms with E-state index in [-0.39, 0.29) is 6.10 Å². The molecular formula is C18H21N3O3S. The van der Waals surface area contributed by atoms with Crippen molar-refractivity contribution < 1.29 is 13.7 Å². The van der Waals surface area contributed by atoms with E-state index in [4.69, 9.17) is 13.7 Å². The maximum atomic E-state index is 6.03. The molecule has 0 amide bonds. The van der Waals surface area contributed by atoms with Crippen LogP contribution in [-0.2, 0) is 17.9 Å². The topological polar surface area (TPSA) is 64.5 Å². The van der Waals surface area contributed by atoms with Gasteiger partial charge in [0.1, 0.15) is 12.9 Å². The molecule has 1 atom stereocenters. The number of aryl methyl sites for hydroxylation is 1. The Kier molecular flexibility index (Phi) is 4.96. The van der Waals surface area contributed by atoms with Crippen molar-refractivity contribution in [2.45, 2.75) is 39.0 Å². The SMILES string of the molecule is Cc1ccsc1CN1CCCC(OCc2noc(-c3ccoc3)n2)C1. The van der Waals surface area contributed by atoms with Crippen molar-refractivity contribution in [3.63, 3.8) is 0 Å². The Morgan fingerprint density at radius 3 is 3.16 bits per heavy atom. The van der Waals surface area contributed by atoms with E-state index in [0.717, 1.165) is 38.0 Å². The van der Waals surface area contributed by atoms with E-state index in [1.54, 1.807) is 18.6 Å². The Morgan fingerprint density at radius 2 is 2.36 bits per heavy atom. The first-order valence-corrected chi connectivity index (χ1v) is 9.38. The molecule has 0 radical (unpaired) electrons. The lowest BCUT2D eigenvalue weighted by Gasteiger charge is -2.32. The summed E-state index contributed by atoms with van der Waals surface area (Å²) >= 11 is 1.83. The van der Waals surface area contributed by atoms with Crippen LogP contribution in [0.25, 0.3) is 11.5 Å². The van der Waals surface area contributed by atoms with Gasteiger partial charge in [0.05, 0.1) is 17.9 Å². The van der Waals surface area contributed by atoms with Crippen LogP contribution in [0.5, 0.6) is 0 Å². The summed E-state index contributed by atoms with van der Waals surface area (Å²) in [5.74, 6) is 1.04. The van der Waals surface area contributed by atoms with Crippen LogP contribution in [0.15, 0.2) is 39.0 Å². The van der Waals surface area contributed by atoms with Crippen molar-refractivity contribution >= 4 is 11.3 Å². The summed E-state index contributed by atoms with van der Waals surface area (Å²) in [6, 6.07) is 3.98. The van der Waals surface area contributed by atoms with Gasteiger partial charge in [-0.1, -0.05) is 5.16 Å². The van der Waals surface area contributed by atoms with Crippen molar-refractivity contribution in [2.24, 2.45) is 0 Å². The van der Waals surface area contributed by atoms with Gasteiger partial charge >= 0.3 is 0 Å². The lowest BCUT2D eigenvalue weighted by atomic mass is 10.1. The Balaban J connectivity index is 1.30. The molecule has 3 aromatic heterocycles. The third-order valence-electron chi connectivity index (χ3n) is 4.48. The molecule has 0 bridgehead atoms. The highest BCUT2D eigenvalue weighted by molar-refractivity contribution is 7.10. The highest BCUT2D eigenvalue weighted by Gasteiger charge is 2.22. The molecule has 25 heavy (non-hydrogen) atoms. The van der Waals surface area contributed by atoms with Gasteiger partial charge in [-0.25, -0.2) is 0 Å². The van der Waals surface area contributed by atoms with Gasteiger partial charge in [0.25, 0.3) is 5.89 Å². The number of thiophene rings is 1. The lowest BCUT2D eigenvalue weighted by molar-refractivity contribution is -0.0149. The van der Waals surface area contributed by atoms with Crippen molar-refractivity contribution in [2.75, 3.05) is 13.1 Å². The third-order valence-corrected chi connectivity index (χ3v) is 5.49. The van der Waals surface area contributed by atoms with Crippen molar-refractivity contribution in [1.29, 1.82) is 0 Å². The largest absolute Gasteiger partial charge is 0.472 e. The molecule has 0 saturated carbocycles. The molecule has 4 heterocycles. The molecule has 1 fully saturated rings. The van der Waals surface area contributed by atoms with E-state index < -0.39 is 0 Å². The second-order valence-electron chi connectivity index (χ2n) is 6.36. The van der Waals surface area contributed by atoms with E-state index >= 15 is 0 Å². The number of ether oxygens (including phenoxy) is 1. The van der Waals surface area contributed by atoms with Gasteiger partial charge < -0.3 is 13.7 Å². The van der Waals surface area contributed by atoms with Gasteiger partial charge in [0.15, 0.2) is 5.82 Å². The number of piperidine rings is 1. The second-order valence-corrected chi connectivity index (χ2v) is 7.37. The summed E-state index contributed by atoms with van der Waals surface area (Å²) in [6.45, 7) is 5.64. The minimum Gasteiger partial charge on any atom is -0.472 e. The molecule has 0 aliphatic carbocycles. The zero-order chi connectivity index (χ0) is 17.1. The van der Waals surface area contributed by atoms with Crippen molar-refractivity contribution in [3.05, 3.63) is 46.3 Å². The van der Waals surface area contributed by atoms with Gasteiger partial charge in [-0.2, -0.15) is 4.98 Å². The first-order valence-electron chi connectivity index (χ1n) is 8.50. The first-order chi connectivity index (χ1) is 12.3. The van der Waals surface area contributed by atoms with Crippen LogP contribution in [-0.4, -0.2) is 34.2 Å². The van der Waals surface area contributed by atoms with E-state index in [0.29, 0.717) is 18.3 Å². The zero-order valence-electron chi connectivity index (χ0n) is 14.2. The van der Waals surface area contributed by atoms with E-state index in [2.05, 4.69) is 33.4 Å². The van der Waals surface area contributed by atoms with Gasteiger partial charge in [-0.15, -0.1) is 11.3 Å². The molecule has 1 aliphatic rings. The van der Waals surface area contributed by atoms with E-state index in [1.165, 1.54) is 10.4 Å². The van der Waals surface area contributed by atoms with Crippen LogP contribution < -0.4 is 0 Å². The maximum absolute atomic E-state index is 6.03. The molecule has 1 saturated heterocycles. The molecule has 1 unspecified atom stereocenters. The first kappa shape index (κ1) is 16.5. The predicted octanol–water partition coefficient (Wildman–Crippen LogP) is 3.88. The molecule has 1 aliphatic heterocycles. The average molecular weight is 359 g/mol. The summed E-state index contributed by atoms with van der Waals surface area (Å²) in [4.78, 5) is 8.27. The van der Waals surface area contributed by atoms with E-state index in [1.807, 2.05) is 11.3 Å². The highest BCUT2D eigenvalue weighted by Crippen LogP contribution is 2.22. The van der Waals surface area contributed by atoms with Crippen LogP contribution in [0.4, 0.5) is 0 Å². The van der Waals surface area contributed by atoms with Gasteiger partial charge in [0.2, 0.25) is 0 Å². The molecule has 3 aromatic rings. The summed E-state index contributed by atoms with van der Waals surface area (Å²) in [5, 5.41) is 6.15. The second kappa shape index (κ2) is 7.51.